The number of halogens is 5. The minimum atomic E-state index is -0.950. The van der Waals surface area contributed by atoms with Gasteiger partial charge in [-0.2, -0.15) is 0 Å². The molecule has 0 fully saturated rings. The minimum Gasteiger partial charge on any atom is -0.319 e. The lowest BCUT2D eigenvalue weighted by molar-refractivity contribution is 0.102. The molecule has 0 saturated carbocycles. The Kier molecular flexibility index (Phi) is 4.49. The standard InChI is InChI=1S/C13H6Br2F3NO/c14-6-1-2-9(16)7(3-6)13(20)19-12-4-8(15)10(17)5-11(12)18/h1-5H,(H,19,20). The summed E-state index contributed by atoms with van der Waals surface area (Å²) in [6.07, 6.45) is 0. The van der Waals surface area contributed by atoms with Gasteiger partial charge in [0.25, 0.3) is 5.91 Å². The Labute approximate surface area is 129 Å². The first-order chi connectivity index (χ1) is 9.38. The van der Waals surface area contributed by atoms with E-state index in [-0.39, 0.29) is 15.7 Å². The van der Waals surface area contributed by atoms with Crippen molar-refractivity contribution in [2.45, 2.75) is 0 Å². The van der Waals surface area contributed by atoms with Crippen LogP contribution in [0.25, 0.3) is 0 Å². The second-order valence-electron chi connectivity index (χ2n) is 3.82. The smallest absolute Gasteiger partial charge is 0.258 e. The van der Waals surface area contributed by atoms with Gasteiger partial charge in [0.05, 0.1) is 15.7 Å². The maximum Gasteiger partial charge on any atom is 0.258 e. The zero-order valence-corrected chi connectivity index (χ0v) is 12.9. The van der Waals surface area contributed by atoms with Gasteiger partial charge in [0.15, 0.2) is 0 Å². The van der Waals surface area contributed by atoms with Crippen molar-refractivity contribution >= 4 is 43.5 Å². The number of rotatable bonds is 2. The maximum atomic E-state index is 13.5. The van der Waals surface area contributed by atoms with E-state index in [1.165, 1.54) is 12.1 Å². The second-order valence-corrected chi connectivity index (χ2v) is 5.59. The summed E-state index contributed by atoms with van der Waals surface area (Å²) < 4.78 is 40.6. The molecule has 2 aromatic rings. The van der Waals surface area contributed by atoms with E-state index in [0.717, 1.165) is 12.1 Å². The van der Waals surface area contributed by atoms with Crippen molar-refractivity contribution in [3.05, 3.63) is 62.3 Å². The van der Waals surface area contributed by atoms with Crippen LogP contribution < -0.4 is 5.32 Å². The number of nitrogens with one attached hydrogen (secondary N) is 1. The Bertz CT molecular complexity index is 692. The molecule has 0 atom stereocenters. The van der Waals surface area contributed by atoms with Gasteiger partial charge in [-0.1, -0.05) is 15.9 Å². The van der Waals surface area contributed by atoms with Crippen molar-refractivity contribution in [2.75, 3.05) is 5.32 Å². The zero-order valence-electron chi connectivity index (χ0n) is 9.68. The average Bonchev–Trinajstić information content (AvgIpc) is 2.38. The summed E-state index contributed by atoms with van der Waals surface area (Å²) in [4.78, 5) is 11.9. The Hall–Kier alpha value is -1.34. The molecular weight excluding hydrogens is 403 g/mol. The maximum absolute atomic E-state index is 13.5. The zero-order chi connectivity index (χ0) is 14.9. The van der Waals surface area contributed by atoms with Crippen molar-refractivity contribution in [1.29, 1.82) is 0 Å². The molecule has 0 saturated heterocycles. The van der Waals surface area contributed by atoms with E-state index in [4.69, 9.17) is 0 Å². The number of benzene rings is 2. The van der Waals surface area contributed by atoms with Crippen LogP contribution >= 0.6 is 31.9 Å². The highest BCUT2D eigenvalue weighted by Gasteiger charge is 2.15. The highest BCUT2D eigenvalue weighted by Crippen LogP contribution is 2.25. The molecule has 0 bridgehead atoms. The molecule has 0 radical (unpaired) electrons. The van der Waals surface area contributed by atoms with Crippen LogP contribution in [0.4, 0.5) is 18.9 Å². The Morgan fingerprint density at radius 3 is 2.35 bits per heavy atom. The molecule has 104 valence electrons. The molecule has 0 aromatic heterocycles. The van der Waals surface area contributed by atoms with E-state index in [2.05, 4.69) is 37.2 Å². The van der Waals surface area contributed by atoms with Gasteiger partial charge in [-0.3, -0.25) is 4.79 Å². The first kappa shape index (κ1) is 15.1. The minimum absolute atomic E-state index is 0.0103. The van der Waals surface area contributed by atoms with E-state index < -0.39 is 23.4 Å². The SMILES string of the molecule is O=C(Nc1cc(Br)c(F)cc1F)c1cc(Br)ccc1F. The molecule has 0 aliphatic rings. The number of hydrogen-bond acceptors (Lipinski definition) is 1. The fraction of sp³-hybridized carbons (Fsp3) is 0. The van der Waals surface area contributed by atoms with Gasteiger partial charge in [0.2, 0.25) is 0 Å². The second kappa shape index (κ2) is 5.97. The van der Waals surface area contributed by atoms with Gasteiger partial charge < -0.3 is 5.32 Å². The predicted molar refractivity (Wildman–Crippen MR) is 76.1 cm³/mol. The Morgan fingerprint density at radius 1 is 0.950 bits per heavy atom. The van der Waals surface area contributed by atoms with E-state index in [0.29, 0.717) is 10.5 Å². The number of amides is 1. The Balaban J connectivity index is 2.32. The molecule has 2 aromatic carbocycles. The van der Waals surface area contributed by atoms with Crippen LogP contribution in [0.2, 0.25) is 0 Å². The average molecular weight is 409 g/mol. The molecule has 20 heavy (non-hydrogen) atoms. The summed E-state index contributed by atoms with van der Waals surface area (Å²) in [6.45, 7) is 0. The fourth-order valence-electron chi connectivity index (χ4n) is 1.48. The molecule has 1 amide bonds. The number of carbonyl (C=O) groups is 1. The topological polar surface area (TPSA) is 29.1 Å². The van der Waals surface area contributed by atoms with E-state index in [1.54, 1.807) is 0 Å². The van der Waals surface area contributed by atoms with Gasteiger partial charge in [0, 0.05) is 10.5 Å². The van der Waals surface area contributed by atoms with Crippen LogP contribution in [0.1, 0.15) is 10.4 Å². The molecule has 2 rings (SSSR count). The normalized spacial score (nSPS) is 10.4. The molecule has 0 unspecified atom stereocenters. The lowest BCUT2D eigenvalue weighted by Crippen LogP contribution is -2.15. The van der Waals surface area contributed by atoms with Crippen molar-refractivity contribution in [1.82, 2.24) is 0 Å². The monoisotopic (exact) mass is 407 g/mol. The van der Waals surface area contributed by atoms with Gasteiger partial charge in [-0.15, -0.1) is 0 Å². The van der Waals surface area contributed by atoms with Crippen LogP contribution in [0.5, 0.6) is 0 Å². The largest absolute Gasteiger partial charge is 0.319 e. The molecular formula is C13H6Br2F3NO. The third kappa shape index (κ3) is 3.21. The summed E-state index contributed by atoms with van der Waals surface area (Å²) in [6, 6.07) is 5.49. The van der Waals surface area contributed by atoms with Gasteiger partial charge in [-0.05, 0) is 40.2 Å². The summed E-state index contributed by atoms with van der Waals surface area (Å²) in [5.41, 5.74) is -0.498. The molecule has 0 heterocycles. The molecule has 1 N–H and O–H groups in total. The fourth-order valence-corrected chi connectivity index (χ4v) is 2.18. The van der Waals surface area contributed by atoms with E-state index in [1.807, 2.05) is 0 Å². The Morgan fingerprint density at radius 2 is 1.65 bits per heavy atom. The predicted octanol–water partition coefficient (Wildman–Crippen LogP) is 4.88. The van der Waals surface area contributed by atoms with Gasteiger partial charge >= 0.3 is 0 Å². The first-order valence-electron chi connectivity index (χ1n) is 5.29. The van der Waals surface area contributed by atoms with Gasteiger partial charge in [0.1, 0.15) is 17.5 Å². The molecule has 7 heteroatoms. The lowest BCUT2D eigenvalue weighted by atomic mass is 10.2. The van der Waals surface area contributed by atoms with Gasteiger partial charge in [-0.25, -0.2) is 13.2 Å². The molecule has 2 nitrogen and oxygen atoms in total. The molecule has 0 spiro atoms. The highest BCUT2D eigenvalue weighted by atomic mass is 79.9. The molecule has 0 aliphatic carbocycles. The van der Waals surface area contributed by atoms with E-state index in [9.17, 15) is 18.0 Å². The number of anilines is 1. The van der Waals surface area contributed by atoms with Crippen molar-refractivity contribution in [2.24, 2.45) is 0 Å². The van der Waals surface area contributed by atoms with Crippen LogP contribution in [0, 0.1) is 17.5 Å². The quantitative estimate of drug-likeness (QED) is 0.705. The lowest BCUT2D eigenvalue weighted by Gasteiger charge is -2.08. The highest BCUT2D eigenvalue weighted by molar-refractivity contribution is 9.10. The van der Waals surface area contributed by atoms with Crippen molar-refractivity contribution in [3.63, 3.8) is 0 Å². The van der Waals surface area contributed by atoms with Crippen LogP contribution in [-0.2, 0) is 0 Å². The van der Waals surface area contributed by atoms with Crippen molar-refractivity contribution in [3.8, 4) is 0 Å². The first-order valence-corrected chi connectivity index (χ1v) is 6.88. The van der Waals surface area contributed by atoms with E-state index >= 15 is 0 Å². The summed E-state index contributed by atoms with van der Waals surface area (Å²) in [7, 11) is 0. The van der Waals surface area contributed by atoms with Crippen LogP contribution in [0.15, 0.2) is 39.3 Å². The summed E-state index contributed by atoms with van der Waals surface area (Å²) in [5.74, 6) is -3.32. The third-order valence-electron chi connectivity index (χ3n) is 2.43. The summed E-state index contributed by atoms with van der Waals surface area (Å²) in [5, 5.41) is 2.19. The summed E-state index contributed by atoms with van der Waals surface area (Å²) >= 11 is 5.99. The third-order valence-corrected chi connectivity index (χ3v) is 3.53. The van der Waals surface area contributed by atoms with Crippen molar-refractivity contribution < 1.29 is 18.0 Å². The number of hydrogen-bond donors (Lipinski definition) is 1. The van der Waals surface area contributed by atoms with Crippen LogP contribution in [-0.4, -0.2) is 5.91 Å². The molecule has 0 aliphatic heterocycles. The van der Waals surface area contributed by atoms with Crippen LogP contribution in [0.3, 0.4) is 0 Å². The number of carbonyl (C=O) groups excluding carboxylic acids is 1.